The summed E-state index contributed by atoms with van der Waals surface area (Å²) in [5, 5.41) is 10.5. The van der Waals surface area contributed by atoms with E-state index in [2.05, 4.69) is 20.8 Å². The third kappa shape index (κ3) is 1.68. The third-order valence-corrected chi connectivity index (χ3v) is 9.28. The van der Waals surface area contributed by atoms with Crippen LogP contribution in [0.3, 0.4) is 0 Å². The molecule has 0 aromatic heterocycles. The maximum atomic E-state index is 12.0. The number of Topliss-reactive ketones (excluding diaryl/α,β-unsaturated/α-hetero) is 1. The Labute approximate surface area is 135 Å². The van der Waals surface area contributed by atoms with Gasteiger partial charge in [0.2, 0.25) is 0 Å². The fourth-order valence-electron chi connectivity index (χ4n) is 7.40. The number of ketones is 1. The molecule has 0 aromatic rings. The van der Waals surface area contributed by atoms with Crippen LogP contribution in [0.15, 0.2) is 0 Å². The fraction of sp³-hybridized carbons (Fsp3) is 0.950. The van der Waals surface area contributed by atoms with Gasteiger partial charge in [0.1, 0.15) is 5.78 Å². The zero-order valence-electron chi connectivity index (χ0n) is 14.5. The Balaban J connectivity index is 1.71. The number of carbonyl (C=O) groups is 1. The minimum atomic E-state index is -0.0829. The zero-order chi connectivity index (χ0) is 15.8. The van der Waals surface area contributed by atoms with Crippen molar-refractivity contribution in [2.24, 2.45) is 34.0 Å². The van der Waals surface area contributed by atoms with E-state index in [-0.39, 0.29) is 11.5 Å². The Hall–Kier alpha value is -0.370. The van der Waals surface area contributed by atoms with Crippen molar-refractivity contribution < 1.29 is 9.90 Å². The lowest BCUT2D eigenvalue weighted by Gasteiger charge is -2.66. The van der Waals surface area contributed by atoms with Crippen LogP contribution in [0.1, 0.15) is 78.6 Å². The predicted molar refractivity (Wildman–Crippen MR) is 87.4 cm³/mol. The van der Waals surface area contributed by atoms with Gasteiger partial charge in [-0.15, -0.1) is 0 Å². The van der Waals surface area contributed by atoms with Crippen molar-refractivity contribution >= 4 is 5.78 Å². The summed E-state index contributed by atoms with van der Waals surface area (Å²) < 4.78 is 0. The molecule has 4 aliphatic rings. The van der Waals surface area contributed by atoms with Gasteiger partial charge in [-0.2, -0.15) is 0 Å². The average Bonchev–Trinajstić information content (AvgIpc) is 2.77. The SMILES string of the molecule is C[C@]12CCC(=O)C[C@@H]1CC[C@@H]1[C@@H]3CCC(O)[C@@]3(C)CC[C@@]12C. The third-order valence-electron chi connectivity index (χ3n) is 9.28. The van der Waals surface area contributed by atoms with E-state index in [1.165, 1.54) is 32.1 Å². The molecular weight excluding hydrogens is 272 g/mol. The average molecular weight is 304 g/mol. The number of carbonyl (C=O) groups excluding carboxylic acids is 1. The first-order valence-electron chi connectivity index (χ1n) is 9.51. The first-order chi connectivity index (χ1) is 10.3. The van der Waals surface area contributed by atoms with Crippen LogP contribution in [0, 0.1) is 34.0 Å². The molecule has 0 saturated heterocycles. The molecule has 22 heavy (non-hydrogen) atoms. The summed E-state index contributed by atoms with van der Waals surface area (Å²) in [6.45, 7) is 7.40. The highest BCUT2D eigenvalue weighted by Crippen LogP contribution is 2.71. The predicted octanol–water partition coefficient (Wildman–Crippen LogP) is 4.35. The molecule has 0 aromatic carbocycles. The number of aliphatic hydroxyl groups excluding tert-OH is 1. The van der Waals surface area contributed by atoms with Crippen molar-refractivity contribution in [1.82, 2.24) is 0 Å². The molecule has 7 atom stereocenters. The molecular formula is C20H32O2. The Bertz CT molecular complexity index is 500. The molecule has 0 spiro atoms. The largest absolute Gasteiger partial charge is 0.393 e. The number of hydrogen-bond donors (Lipinski definition) is 1. The van der Waals surface area contributed by atoms with E-state index >= 15 is 0 Å². The highest BCUT2D eigenvalue weighted by molar-refractivity contribution is 5.79. The molecule has 0 aliphatic heterocycles. The van der Waals surface area contributed by atoms with E-state index in [9.17, 15) is 9.90 Å². The summed E-state index contributed by atoms with van der Waals surface area (Å²) in [5.74, 6) is 2.58. The van der Waals surface area contributed by atoms with Gasteiger partial charge in [-0.3, -0.25) is 4.79 Å². The Morgan fingerprint density at radius 1 is 0.909 bits per heavy atom. The standard InChI is InChI=1S/C20H32O2/c1-18-10-11-20(3)16(15(18)6-7-17(18)22)5-4-13-12-14(21)8-9-19(13,20)2/h13,15-17,22H,4-12H2,1-3H3/t13-,15-,16+,17?,18-,19-,20-/m0/s1. The number of aliphatic hydroxyl groups is 1. The lowest BCUT2D eigenvalue weighted by atomic mass is 9.39. The van der Waals surface area contributed by atoms with Crippen LogP contribution < -0.4 is 0 Å². The van der Waals surface area contributed by atoms with Gasteiger partial charge in [-0.25, -0.2) is 0 Å². The molecule has 124 valence electrons. The van der Waals surface area contributed by atoms with Gasteiger partial charge in [0, 0.05) is 12.8 Å². The summed E-state index contributed by atoms with van der Waals surface area (Å²) in [4.78, 5) is 12.0. The topological polar surface area (TPSA) is 37.3 Å². The number of rotatable bonds is 0. The highest BCUT2D eigenvalue weighted by atomic mass is 16.3. The van der Waals surface area contributed by atoms with Crippen molar-refractivity contribution in [1.29, 1.82) is 0 Å². The first kappa shape index (κ1) is 15.2. The van der Waals surface area contributed by atoms with Crippen LogP contribution in [0.4, 0.5) is 0 Å². The molecule has 1 N–H and O–H groups in total. The molecule has 4 fully saturated rings. The molecule has 0 bridgehead atoms. The van der Waals surface area contributed by atoms with Crippen LogP contribution >= 0.6 is 0 Å². The van der Waals surface area contributed by atoms with Gasteiger partial charge in [0.15, 0.2) is 0 Å². The maximum Gasteiger partial charge on any atom is 0.133 e. The Morgan fingerprint density at radius 2 is 1.64 bits per heavy atom. The van der Waals surface area contributed by atoms with Gasteiger partial charge < -0.3 is 5.11 Å². The van der Waals surface area contributed by atoms with Gasteiger partial charge in [-0.1, -0.05) is 20.8 Å². The lowest BCUT2D eigenvalue weighted by Crippen LogP contribution is -2.60. The van der Waals surface area contributed by atoms with Crippen LogP contribution in [-0.2, 0) is 4.79 Å². The zero-order valence-corrected chi connectivity index (χ0v) is 14.5. The molecule has 0 radical (unpaired) electrons. The van der Waals surface area contributed by atoms with Gasteiger partial charge in [0.25, 0.3) is 0 Å². The minimum Gasteiger partial charge on any atom is -0.393 e. The summed E-state index contributed by atoms with van der Waals surface area (Å²) in [6.07, 6.45) is 9.86. The van der Waals surface area contributed by atoms with E-state index in [1.807, 2.05) is 0 Å². The molecule has 0 heterocycles. The quantitative estimate of drug-likeness (QED) is 0.722. The second-order valence-electron chi connectivity index (χ2n) is 9.66. The number of hydrogen-bond acceptors (Lipinski definition) is 2. The second kappa shape index (κ2) is 4.59. The first-order valence-corrected chi connectivity index (χ1v) is 9.51. The molecule has 0 amide bonds. The smallest absolute Gasteiger partial charge is 0.133 e. The monoisotopic (exact) mass is 304 g/mol. The number of fused-ring (bicyclic) bond motifs is 5. The van der Waals surface area contributed by atoms with Crippen molar-refractivity contribution in [2.45, 2.75) is 84.7 Å². The van der Waals surface area contributed by atoms with Crippen LogP contribution in [0.5, 0.6) is 0 Å². The van der Waals surface area contributed by atoms with Crippen molar-refractivity contribution in [3.63, 3.8) is 0 Å². The molecule has 4 saturated carbocycles. The molecule has 4 aliphatic carbocycles. The Morgan fingerprint density at radius 3 is 2.41 bits per heavy atom. The molecule has 1 unspecified atom stereocenters. The van der Waals surface area contributed by atoms with E-state index < -0.39 is 0 Å². The van der Waals surface area contributed by atoms with E-state index in [1.54, 1.807) is 0 Å². The lowest BCUT2D eigenvalue weighted by molar-refractivity contribution is -0.181. The molecule has 2 heteroatoms. The normalized spacial score (nSPS) is 57.9. The second-order valence-corrected chi connectivity index (χ2v) is 9.66. The van der Waals surface area contributed by atoms with E-state index in [0.29, 0.717) is 28.4 Å². The van der Waals surface area contributed by atoms with Crippen molar-refractivity contribution in [2.75, 3.05) is 0 Å². The van der Waals surface area contributed by atoms with E-state index in [0.717, 1.165) is 31.6 Å². The maximum absolute atomic E-state index is 12.0. The Kier molecular flexibility index (Phi) is 3.16. The molecule has 4 rings (SSSR count). The summed E-state index contributed by atoms with van der Waals surface area (Å²) in [7, 11) is 0. The minimum absolute atomic E-state index is 0.0829. The van der Waals surface area contributed by atoms with Crippen LogP contribution in [0.25, 0.3) is 0 Å². The highest BCUT2D eigenvalue weighted by Gasteiger charge is 2.65. The summed E-state index contributed by atoms with van der Waals surface area (Å²) in [5.41, 5.74) is 0.890. The van der Waals surface area contributed by atoms with Gasteiger partial charge in [0.05, 0.1) is 6.10 Å². The van der Waals surface area contributed by atoms with Gasteiger partial charge in [-0.05, 0) is 78.9 Å². The van der Waals surface area contributed by atoms with Gasteiger partial charge >= 0.3 is 0 Å². The summed E-state index contributed by atoms with van der Waals surface area (Å²) >= 11 is 0. The van der Waals surface area contributed by atoms with Crippen LogP contribution in [0.2, 0.25) is 0 Å². The fourth-order valence-corrected chi connectivity index (χ4v) is 7.40. The van der Waals surface area contributed by atoms with Crippen molar-refractivity contribution in [3.8, 4) is 0 Å². The van der Waals surface area contributed by atoms with E-state index in [4.69, 9.17) is 0 Å². The molecule has 2 nitrogen and oxygen atoms in total. The van der Waals surface area contributed by atoms with Crippen LogP contribution in [-0.4, -0.2) is 17.0 Å². The van der Waals surface area contributed by atoms with Crippen molar-refractivity contribution in [3.05, 3.63) is 0 Å². The summed E-state index contributed by atoms with van der Waals surface area (Å²) in [6, 6.07) is 0.